The molecule has 0 saturated carbocycles. The topological polar surface area (TPSA) is 89.7 Å². The predicted molar refractivity (Wildman–Crippen MR) is 80.2 cm³/mol. The van der Waals surface area contributed by atoms with Gasteiger partial charge in [0.05, 0.1) is 10.9 Å². The second-order valence-electron chi connectivity index (χ2n) is 5.88. The van der Waals surface area contributed by atoms with Crippen LogP contribution in [0, 0.1) is 0 Å². The fraction of sp³-hybridized carbons (Fsp3) is 0.500. The molecule has 0 aromatic heterocycles. The number of rotatable bonds is 3. The monoisotopic (exact) mass is 314 g/mol. The zero-order chi connectivity index (χ0) is 16.4. The summed E-state index contributed by atoms with van der Waals surface area (Å²) in [4.78, 5) is 13.4. The largest absolute Gasteiger partial charge is 0.444 e. The maximum Gasteiger partial charge on any atom is 0.410 e. The smallest absolute Gasteiger partial charge is 0.410 e. The van der Waals surface area contributed by atoms with Gasteiger partial charge >= 0.3 is 6.09 Å². The number of carbonyl (C=O) groups excluding carboxylic acids is 1. The van der Waals surface area contributed by atoms with Crippen molar-refractivity contribution in [2.24, 2.45) is 5.14 Å². The summed E-state index contributed by atoms with van der Waals surface area (Å²) in [6, 6.07) is 5.86. The standard InChI is InChI=1S/C14H22N2O4S/c1-10(16(5)13(17)20-14(2,3)4)11-7-6-8-12(9-11)21(15,18)19/h6-10H,1-5H3,(H2,15,18,19). The molecule has 0 aliphatic heterocycles. The number of hydrogen-bond donors (Lipinski definition) is 1. The molecule has 1 rings (SSSR count). The molecule has 21 heavy (non-hydrogen) atoms. The molecule has 1 atom stereocenters. The fourth-order valence-corrected chi connectivity index (χ4v) is 2.24. The number of hydrogen-bond acceptors (Lipinski definition) is 4. The molecular formula is C14H22N2O4S. The minimum Gasteiger partial charge on any atom is -0.444 e. The molecule has 0 aliphatic rings. The summed E-state index contributed by atoms with van der Waals surface area (Å²) in [5.74, 6) is 0. The Morgan fingerprint density at radius 2 is 1.90 bits per heavy atom. The maximum atomic E-state index is 12.0. The van der Waals surface area contributed by atoms with Crippen LogP contribution in [0.25, 0.3) is 0 Å². The van der Waals surface area contributed by atoms with Crippen LogP contribution in [-0.2, 0) is 14.8 Å². The number of nitrogens with two attached hydrogens (primary N) is 1. The molecule has 0 fully saturated rings. The highest BCUT2D eigenvalue weighted by molar-refractivity contribution is 7.89. The van der Waals surface area contributed by atoms with Crippen molar-refractivity contribution in [1.29, 1.82) is 0 Å². The average Bonchev–Trinajstić information content (AvgIpc) is 2.34. The van der Waals surface area contributed by atoms with Gasteiger partial charge in [-0.1, -0.05) is 12.1 Å². The first-order valence-corrected chi connectivity index (χ1v) is 8.05. The van der Waals surface area contributed by atoms with E-state index in [0.717, 1.165) is 0 Å². The van der Waals surface area contributed by atoms with Crippen molar-refractivity contribution in [3.8, 4) is 0 Å². The molecule has 1 aromatic carbocycles. The first-order valence-electron chi connectivity index (χ1n) is 6.50. The first kappa shape index (κ1) is 17.5. The van der Waals surface area contributed by atoms with E-state index in [4.69, 9.17) is 9.88 Å². The van der Waals surface area contributed by atoms with Gasteiger partial charge in [0.25, 0.3) is 0 Å². The third-order valence-electron chi connectivity index (χ3n) is 2.93. The van der Waals surface area contributed by atoms with Gasteiger partial charge in [-0.25, -0.2) is 18.4 Å². The Morgan fingerprint density at radius 1 is 1.33 bits per heavy atom. The lowest BCUT2D eigenvalue weighted by Crippen LogP contribution is -2.35. The van der Waals surface area contributed by atoms with E-state index in [2.05, 4.69) is 0 Å². The van der Waals surface area contributed by atoms with Gasteiger partial charge in [0.2, 0.25) is 10.0 Å². The summed E-state index contributed by atoms with van der Waals surface area (Å²) in [6.45, 7) is 7.13. The Morgan fingerprint density at radius 3 is 2.38 bits per heavy atom. The molecule has 0 spiro atoms. The summed E-state index contributed by atoms with van der Waals surface area (Å²) in [5.41, 5.74) is 0.0722. The number of benzene rings is 1. The van der Waals surface area contributed by atoms with Gasteiger partial charge in [0.15, 0.2) is 0 Å². The number of amides is 1. The lowest BCUT2D eigenvalue weighted by atomic mass is 10.1. The highest BCUT2D eigenvalue weighted by Crippen LogP contribution is 2.23. The lowest BCUT2D eigenvalue weighted by Gasteiger charge is -2.29. The molecule has 1 unspecified atom stereocenters. The fourth-order valence-electron chi connectivity index (χ4n) is 1.67. The quantitative estimate of drug-likeness (QED) is 0.926. The Labute approximate surface area is 125 Å². The van der Waals surface area contributed by atoms with E-state index in [1.54, 1.807) is 46.9 Å². The predicted octanol–water partition coefficient (Wildman–Crippen LogP) is 2.26. The second-order valence-corrected chi connectivity index (χ2v) is 7.45. The Balaban J connectivity index is 2.98. The van der Waals surface area contributed by atoms with Crippen molar-refractivity contribution in [2.75, 3.05) is 7.05 Å². The SMILES string of the molecule is CC(c1cccc(S(N)(=O)=O)c1)N(C)C(=O)OC(C)(C)C. The second kappa shape index (κ2) is 6.03. The normalized spacial score (nSPS) is 13.6. The minimum absolute atomic E-state index is 0.0180. The van der Waals surface area contributed by atoms with Crippen LogP contribution in [0.2, 0.25) is 0 Å². The van der Waals surface area contributed by atoms with Gasteiger partial charge in [-0.2, -0.15) is 0 Å². The van der Waals surface area contributed by atoms with Crippen molar-refractivity contribution in [1.82, 2.24) is 4.90 Å². The van der Waals surface area contributed by atoms with Crippen LogP contribution in [0.5, 0.6) is 0 Å². The van der Waals surface area contributed by atoms with E-state index in [1.165, 1.54) is 17.0 Å². The third kappa shape index (κ3) is 5.02. The molecule has 0 heterocycles. The molecule has 7 heteroatoms. The number of primary sulfonamides is 1. The summed E-state index contributed by atoms with van der Waals surface area (Å²) >= 11 is 0. The van der Waals surface area contributed by atoms with E-state index in [-0.39, 0.29) is 10.9 Å². The summed E-state index contributed by atoms with van der Waals surface area (Å²) in [6.07, 6.45) is -0.476. The Bertz CT molecular complexity index is 620. The molecule has 0 saturated heterocycles. The van der Waals surface area contributed by atoms with Crippen molar-refractivity contribution < 1.29 is 17.9 Å². The highest BCUT2D eigenvalue weighted by atomic mass is 32.2. The lowest BCUT2D eigenvalue weighted by molar-refractivity contribution is 0.0233. The first-order chi connectivity index (χ1) is 9.42. The molecule has 1 amide bonds. The van der Waals surface area contributed by atoms with Crippen LogP contribution in [0.1, 0.15) is 39.3 Å². The van der Waals surface area contributed by atoms with E-state index >= 15 is 0 Å². The van der Waals surface area contributed by atoms with Gasteiger partial charge in [-0.15, -0.1) is 0 Å². The van der Waals surface area contributed by atoms with Crippen molar-refractivity contribution in [2.45, 2.75) is 44.2 Å². The maximum absolute atomic E-state index is 12.0. The van der Waals surface area contributed by atoms with Crippen molar-refractivity contribution in [3.05, 3.63) is 29.8 Å². The van der Waals surface area contributed by atoms with E-state index in [9.17, 15) is 13.2 Å². The van der Waals surface area contributed by atoms with Crippen molar-refractivity contribution >= 4 is 16.1 Å². The van der Waals surface area contributed by atoms with E-state index in [0.29, 0.717) is 5.56 Å². The van der Waals surface area contributed by atoms with Crippen LogP contribution in [0.15, 0.2) is 29.2 Å². The average molecular weight is 314 g/mol. The highest BCUT2D eigenvalue weighted by Gasteiger charge is 2.24. The van der Waals surface area contributed by atoms with Gasteiger partial charge < -0.3 is 9.64 Å². The number of ether oxygens (including phenoxy) is 1. The van der Waals surface area contributed by atoms with Crippen molar-refractivity contribution in [3.63, 3.8) is 0 Å². The summed E-state index contributed by atoms with van der Waals surface area (Å²) in [7, 11) is -2.17. The van der Waals surface area contributed by atoms with E-state index < -0.39 is 21.7 Å². The number of carbonyl (C=O) groups is 1. The van der Waals surface area contributed by atoms with Gasteiger partial charge in [0.1, 0.15) is 5.60 Å². The molecular weight excluding hydrogens is 292 g/mol. The van der Waals surface area contributed by atoms with Crippen LogP contribution >= 0.6 is 0 Å². The van der Waals surface area contributed by atoms with Crippen LogP contribution in [0.3, 0.4) is 0 Å². The Hall–Kier alpha value is -1.60. The van der Waals surface area contributed by atoms with Crippen LogP contribution < -0.4 is 5.14 Å². The molecule has 118 valence electrons. The summed E-state index contributed by atoms with van der Waals surface area (Å²) < 4.78 is 28.0. The summed E-state index contributed by atoms with van der Waals surface area (Å²) in [5, 5.41) is 5.11. The van der Waals surface area contributed by atoms with Gasteiger partial charge in [-0.05, 0) is 45.4 Å². The van der Waals surface area contributed by atoms with Gasteiger partial charge in [0, 0.05) is 7.05 Å². The van der Waals surface area contributed by atoms with E-state index in [1.807, 2.05) is 0 Å². The number of sulfonamides is 1. The zero-order valence-corrected chi connectivity index (χ0v) is 13.8. The molecule has 0 bridgehead atoms. The molecule has 0 radical (unpaired) electrons. The van der Waals surface area contributed by atoms with Crippen LogP contribution in [0.4, 0.5) is 4.79 Å². The third-order valence-corrected chi connectivity index (χ3v) is 3.84. The Kier molecular flexibility index (Phi) is 5.01. The van der Waals surface area contributed by atoms with Crippen LogP contribution in [-0.4, -0.2) is 32.1 Å². The minimum atomic E-state index is -3.77. The zero-order valence-electron chi connectivity index (χ0n) is 13.0. The molecule has 1 aromatic rings. The molecule has 0 aliphatic carbocycles. The molecule has 6 nitrogen and oxygen atoms in total. The number of nitrogens with zero attached hydrogens (tertiary/aromatic N) is 1. The molecule has 2 N–H and O–H groups in total. The van der Waals surface area contributed by atoms with Gasteiger partial charge in [-0.3, -0.25) is 0 Å².